The number of amides is 2. The third kappa shape index (κ3) is 25.5. The van der Waals surface area contributed by atoms with E-state index in [1.54, 1.807) is 6.92 Å². The number of nitrogen functional groups attached to an aromatic ring is 3. The fourth-order valence-corrected chi connectivity index (χ4v) is 7.98. The molecular formula is C54H71Cl2N11O14. The molecule has 2 atom stereocenters. The number of carboxylic acids is 2. The number of anilines is 3. The molecule has 0 aliphatic heterocycles. The number of nitrogens with two attached hydrogens (primary N) is 3. The molecule has 2 aromatic heterocycles. The summed E-state index contributed by atoms with van der Waals surface area (Å²) < 4.78 is 32.4. The molecule has 4 rings (SSSR count). The van der Waals surface area contributed by atoms with E-state index in [1.165, 1.54) is 0 Å². The lowest BCUT2D eigenvalue weighted by Crippen LogP contribution is -2.43. The van der Waals surface area contributed by atoms with Crippen LogP contribution < -0.4 is 37.3 Å². The van der Waals surface area contributed by atoms with Gasteiger partial charge < -0.3 is 77.3 Å². The van der Waals surface area contributed by atoms with Crippen molar-refractivity contribution in [3.63, 3.8) is 0 Å². The highest BCUT2D eigenvalue weighted by Gasteiger charge is 2.25. The number of alkyl carbamates (subject to hydrolysis) is 2. The second-order valence-electron chi connectivity index (χ2n) is 18.5. The molecule has 81 heavy (non-hydrogen) atoms. The SMILES string of the molecule is Cc1nc(N)c(C(=O)CC(=N)CCCCCc2ccc(OCCOCCOC(=O)NC(CCCC(NC(=O)OCCOCCOc3ccc(CCCCCC(=N)CC(=O)c4nc(Cl)c(N)nc4N)cc3)C(=O)O)C(=O)O)cc2)nc1Cl. The molecule has 2 amide bonds. The molecule has 27 heteroatoms. The van der Waals surface area contributed by atoms with Crippen molar-refractivity contribution in [3.8, 4) is 11.5 Å². The molecule has 0 aliphatic carbocycles. The molecule has 4 aromatic rings. The maximum atomic E-state index is 12.5. The first kappa shape index (κ1) is 65.8. The number of aryl methyl sites for hydroxylation is 3. The van der Waals surface area contributed by atoms with Crippen LogP contribution in [0.2, 0.25) is 10.3 Å². The third-order valence-electron chi connectivity index (χ3n) is 12.0. The number of ketones is 2. The number of carbonyl (C=O) groups is 6. The Kier molecular flexibility index (Phi) is 29.1. The Morgan fingerprint density at radius 1 is 0.531 bits per heavy atom. The number of hydrogen-bond donors (Lipinski definition) is 9. The van der Waals surface area contributed by atoms with Crippen molar-refractivity contribution in [2.24, 2.45) is 0 Å². The lowest BCUT2D eigenvalue weighted by molar-refractivity contribution is -0.139. The van der Waals surface area contributed by atoms with Crippen LogP contribution in [0.4, 0.5) is 27.0 Å². The predicted octanol–water partition coefficient (Wildman–Crippen LogP) is 7.44. The van der Waals surface area contributed by atoms with Gasteiger partial charge in [0.25, 0.3) is 0 Å². The van der Waals surface area contributed by atoms with Gasteiger partial charge in [0.15, 0.2) is 50.7 Å². The van der Waals surface area contributed by atoms with Gasteiger partial charge in [-0.1, -0.05) is 60.3 Å². The number of benzene rings is 2. The first-order valence-corrected chi connectivity index (χ1v) is 27.0. The van der Waals surface area contributed by atoms with Crippen LogP contribution in [-0.4, -0.2) is 142 Å². The van der Waals surface area contributed by atoms with Gasteiger partial charge in [0.1, 0.15) is 50.0 Å². The molecule has 0 saturated carbocycles. The molecule has 0 radical (unpaired) electrons. The molecule has 2 unspecified atom stereocenters. The van der Waals surface area contributed by atoms with Crippen LogP contribution in [0.5, 0.6) is 11.5 Å². The minimum Gasteiger partial charge on any atom is -0.491 e. The maximum Gasteiger partial charge on any atom is 0.407 e. The lowest BCUT2D eigenvalue weighted by atomic mass is 10.0. The van der Waals surface area contributed by atoms with E-state index in [9.17, 15) is 39.0 Å². The normalized spacial score (nSPS) is 11.7. The first-order valence-electron chi connectivity index (χ1n) is 26.3. The fourth-order valence-electron chi connectivity index (χ4n) is 7.73. The van der Waals surface area contributed by atoms with Crippen molar-refractivity contribution in [2.75, 3.05) is 70.1 Å². The van der Waals surface area contributed by atoms with Crippen LogP contribution in [0.1, 0.15) is 121 Å². The Labute approximate surface area is 478 Å². The van der Waals surface area contributed by atoms with Crippen molar-refractivity contribution in [2.45, 2.75) is 115 Å². The maximum absolute atomic E-state index is 12.5. The van der Waals surface area contributed by atoms with Gasteiger partial charge in [-0.25, -0.2) is 39.1 Å². The molecule has 0 spiro atoms. The summed E-state index contributed by atoms with van der Waals surface area (Å²) in [6, 6.07) is 12.4. The van der Waals surface area contributed by atoms with Crippen LogP contribution in [0, 0.1) is 17.7 Å². The van der Waals surface area contributed by atoms with E-state index in [-0.39, 0.29) is 136 Å². The van der Waals surface area contributed by atoms with Crippen molar-refractivity contribution < 1.29 is 67.4 Å². The number of aliphatic carboxylic acids is 2. The highest BCUT2D eigenvalue weighted by atomic mass is 35.5. The molecule has 2 heterocycles. The van der Waals surface area contributed by atoms with Gasteiger partial charge in [-0.05, 0) is 113 Å². The zero-order chi connectivity index (χ0) is 59.1. The summed E-state index contributed by atoms with van der Waals surface area (Å²) in [5, 5.41) is 40.1. The van der Waals surface area contributed by atoms with Gasteiger partial charge in [0.2, 0.25) is 0 Å². The lowest BCUT2D eigenvalue weighted by Gasteiger charge is -2.17. The van der Waals surface area contributed by atoms with Crippen LogP contribution >= 0.6 is 23.2 Å². The number of halogens is 2. The van der Waals surface area contributed by atoms with Gasteiger partial charge in [-0.3, -0.25) is 9.59 Å². The van der Waals surface area contributed by atoms with Gasteiger partial charge in [0.05, 0.1) is 45.0 Å². The van der Waals surface area contributed by atoms with Gasteiger partial charge in [-0.15, -0.1) is 0 Å². The number of nitrogens with one attached hydrogen (secondary N) is 4. The van der Waals surface area contributed by atoms with Gasteiger partial charge >= 0.3 is 24.1 Å². The summed E-state index contributed by atoms with van der Waals surface area (Å²) in [5.74, 6) is -2.46. The van der Waals surface area contributed by atoms with Crippen LogP contribution in [-0.2, 0) is 41.4 Å². The molecule has 0 saturated heterocycles. The van der Waals surface area contributed by atoms with E-state index in [1.807, 2.05) is 48.5 Å². The van der Waals surface area contributed by atoms with Crippen LogP contribution in [0.3, 0.4) is 0 Å². The highest BCUT2D eigenvalue weighted by molar-refractivity contribution is 6.32. The third-order valence-corrected chi connectivity index (χ3v) is 12.7. The number of ether oxygens (including phenoxy) is 6. The summed E-state index contributed by atoms with van der Waals surface area (Å²) in [6.45, 7) is 2.13. The highest BCUT2D eigenvalue weighted by Crippen LogP contribution is 2.21. The average Bonchev–Trinajstić information content (AvgIpc) is 3.42. The monoisotopic (exact) mass is 1170 g/mol. The Morgan fingerprint density at radius 2 is 0.938 bits per heavy atom. The molecular weight excluding hydrogens is 1100 g/mol. The Bertz CT molecular complexity index is 2560. The number of nitrogens with zero attached hydrogens (tertiary/aromatic N) is 4. The van der Waals surface area contributed by atoms with Gasteiger partial charge in [-0.2, -0.15) is 0 Å². The largest absolute Gasteiger partial charge is 0.491 e. The molecule has 440 valence electrons. The molecule has 0 bridgehead atoms. The summed E-state index contributed by atoms with van der Waals surface area (Å²) in [6.07, 6.45) is 5.07. The van der Waals surface area contributed by atoms with E-state index >= 15 is 0 Å². The Hall–Kier alpha value is -7.74. The smallest absolute Gasteiger partial charge is 0.407 e. The fraction of sp³-hybridized carbons (Fsp3) is 0.481. The Balaban J connectivity index is 0.960. The molecule has 0 fully saturated rings. The zero-order valence-corrected chi connectivity index (χ0v) is 46.6. The second-order valence-corrected chi connectivity index (χ2v) is 19.2. The standard InChI is InChI=1S/C54H71Cl2N11O14/c1-33-46(55)65-44(48(59)62-33)42(68)31-36(57)11-6-2-4-9-34-15-19-38(20-16-34)78-27-23-76-25-29-80-53(74)63-40(51(70)71)13-8-14-41(52(72)73)64-54(75)81-30-26-77-24-28-79-39-21-17-35(18-22-39)10-5-3-7-12-37(58)32-43(69)45-49(60)67-50(61)47(56)66-45/h15-22,40-41,57-58H,2-14,23-32H2,1H3,(H2,59,62)(H,63,74)(H,64,75)(H,70,71)(H,72,73)(H4,60,61,67). The number of hydrogen-bond acceptors (Lipinski definition) is 21. The minimum atomic E-state index is -1.39. The number of rotatable bonds is 40. The van der Waals surface area contributed by atoms with Crippen molar-refractivity contribution in [1.29, 1.82) is 10.8 Å². The quantitative estimate of drug-likeness (QED) is 0.0119. The number of unbranched alkanes of at least 4 members (excludes halogenated alkanes) is 4. The first-order chi connectivity index (χ1) is 38.8. The van der Waals surface area contributed by atoms with E-state index in [0.717, 1.165) is 62.5 Å². The van der Waals surface area contributed by atoms with E-state index in [0.29, 0.717) is 35.7 Å². The predicted molar refractivity (Wildman–Crippen MR) is 301 cm³/mol. The topological polar surface area (TPSA) is 400 Å². The number of aromatic nitrogens is 4. The van der Waals surface area contributed by atoms with E-state index in [2.05, 4.69) is 30.6 Å². The molecule has 0 aliphatic rings. The average molecular weight is 1170 g/mol. The van der Waals surface area contributed by atoms with E-state index < -0.39 is 42.0 Å². The van der Waals surface area contributed by atoms with Crippen LogP contribution in [0.25, 0.3) is 0 Å². The second kappa shape index (κ2) is 35.8. The zero-order valence-electron chi connectivity index (χ0n) is 45.1. The van der Waals surface area contributed by atoms with Gasteiger partial charge in [0, 0.05) is 11.4 Å². The number of carbonyl (C=O) groups excluding carboxylic acids is 4. The summed E-state index contributed by atoms with van der Waals surface area (Å²) in [4.78, 5) is 89.0. The molecule has 12 N–H and O–H groups in total. The summed E-state index contributed by atoms with van der Waals surface area (Å²) in [7, 11) is 0. The van der Waals surface area contributed by atoms with Crippen molar-refractivity contribution in [1.82, 2.24) is 30.6 Å². The minimum absolute atomic E-state index is 0.00203. The summed E-state index contributed by atoms with van der Waals surface area (Å²) in [5.41, 5.74) is 20.2. The van der Waals surface area contributed by atoms with Crippen molar-refractivity contribution in [3.05, 3.63) is 87.0 Å². The molecule has 25 nitrogen and oxygen atoms in total. The summed E-state index contributed by atoms with van der Waals surface area (Å²) >= 11 is 11.8. The Morgan fingerprint density at radius 3 is 1.37 bits per heavy atom. The number of carboxylic acid groups (broad SMARTS) is 2. The molecule has 2 aromatic carbocycles. The van der Waals surface area contributed by atoms with Crippen molar-refractivity contribution >= 4 is 87.8 Å². The van der Waals surface area contributed by atoms with E-state index in [4.69, 9.17) is 79.6 Å². The number of Topliss-reactive ketones (excluding diaryl/α,β-unsaturated/α-hetero) is 2. The van der Waals surface area contributed by atoms with Crippen LogP contribution in [0.15, 0.2) is 48.5 Å².